The number of alkyl halides is 2. The fraction of sp³-hybridized carbons (Fsp3) is 0.400. The monoisotopic (exact) mass is 230 g/mol. The second kappa shape index (κ2) is 4.98. The Morgan fingerprint density at radius 1 is 1.62 bits per heavy atom. The second-order valence-electron chi connectivity index (χ2n) is 3.15. The van der Waals surface area contributed by atoms with Gasteiger partial charge in [-0.05, 0) is 12.5 Å². The summed E-state index contributed by atoms with van der Waals surface area (Å²) in [5, 5.41) is 0. The lowest BCUT2D eigenvalue weighted by Gasteiger charge is -2.12. The molecular formula is C10H12F2N2O2. The Hall–Kier alpha value is -1.56. The fourth-order valence-electron chi connectivity index (χ4n) is 1.44. The molecule has 0 saturated heterocycles. The molecule has 0 bridgehead atoms. The predicted molar refractivity (Wildman–Crippen MR) is 53.2 cm³/mol. The standard InChI is InChI=1S/C10H12F2N2O2/c1-5-6(10(15)16-2)4-14-7(3-13)8(5)9(11)12/h4,9H,3,13H2,1-2H3. The zero-order valence-electron chi connectivity index (χ0n) is 8.96. The Balaban J connectivity index is 3.37. The number of hydrogen-bond donors (Lipinski definition) is 1. The molecule has 1 rings (SSSR count). The first kappa shape index (κ1) is 12.5. The Labute approximate surface area is 91.4 Å². The van der Waals surface area contributed by atoms with Crippen LogP contribution in [0.2, 0.25) is 0 Å². The molecule has 0 aliphatic rings. The number of pyridine rings is 1. The van der Waals surface area contributed by atoms with Gasteiger partial charge in [-0.2, -0.15) is 0 Å². The normalized spacial score (nSPS) is 10.6. The van der Waals surface area contributed by atoms with Crippen LogP contribution in [0.25, 0.3) is 0 Å². The number of rotatable bonds is 3. The first-order valence-corrected chi connectivity index (χ1v) is 4.57. The molecule has 0 amide bonds. The third kappa shape index (κ3) is 2.16. The number of halogens is 2. The first-order valence-electron chi connectivity index (χ1n) is 4.57. The van der Waals surface area contributed by atoms with Gasteiger partial charge < -0.3 is 10.5 Å². The SMILES string of the molecule is COC(=O)c1cnc(CN)c(C(F)F)c1C. The van der Waals surface area contributed by atoms with Crippen LogP contribution in [0.15, 0.2) is 6.20 Å². The van der Waals surface area contributed by atoms with E-state index in [1.54, 1.807) is 0 Å². The van der Waals surface area contributed by atoms with Gasteiger partial charge in [0.15, 0.2) is 0 Å². The minimum absolute atomic E-state index is 0.0370. The average molecular weight is 230 g/mol. The topological polar surface area (TPSA) is 65.2 Å². The number of ether oxygens (including phenoxy) is 1. The van der Waals surface area contributed by atoms with Crippen LogP contribution in [0, 0.1) is 6.92 Å². The van der Waals surface area contributed by atoms with E-state index in [1.165, 1.54) is 20.2 Å². The third-order valence-electron chi connectivity index (χ3n) is 2.29. The van der Waals surface area contributed by atoms with E-state index >= 15 is 0 Å². The minimum Gasteiger partial charge on any atom is -0.465 e. The van der Waals surface area contributed by atoms with Gasteiger partial charge in [-0.1, -0.05) is 0 Å². The lowest BCUT2D eigenvalue weighted by Crippen LogP contribution is -2.12. The van der Waals surface area contributed by atoms with Crippen LogP contribution >= 0.6 is 0 Å². The Morgan fingerprint density at radius 3 is 2.69 bits per heavy atom. The van der Waals surface area contributed by atoms with Crippen LogP contribution in [0.1, 0.15) is 33.6 Å². The summed E-state index contributed by atoms with van der Waals surface area (Å²) in [6.07, 6.45) is -1.51. The zero-order valence-corrected chi connectivity index (χ0v) is 8.96. The molecule has 0 aliphatic heterocycles. The molecule has 6 heteroatoms. The van der Waals surface area contributed by atoms with E-state index in [-0.39, 0.29) is 28.9 Å². The molecule has 0 aliphatic carbocycles. The Morgan fingerprint density at radius 2 is 2.25 bits per heavy atom. The van der Waals surface area contributed by atoms with Crippen molar-refractivity contribution < 1.29 is 18.3 Å². The van der Waals surface area contributed by atoms with E-state index in [0.717, 1.165) is 0 Å². The predicted octanol–water partition coefficient (Wildman–Crippen LogP) is 1.57. The quantitative estimate of drug-likeness (QED) is 0.800. The van der Waals surface area contributed by atoms with Gasteiger partial charge in [-0.3, -0.25) is 4.98 Å². The number of nitrogens with zero attached hydrogens (tertiary/aromatic N) is 1. The van der Waals surface area contributed by atoms with E-state index in [4.69, 9.17) is 5.73 Å². The van der Waals surface area contributed by atoms with Crippen molar-refractivity contribution in [1.29, 1.82) is 0 Å². The van der Waals surface area contributed by atoms with Gasteiger partial charge >= 0.3 is 5.97 Å². The highest BCUT2D eigenvalue weighted by molar-refractivity contribution is 5.91. The van der Waals surface area contributed by atoms with Crippen molar-refractivity contribution in [3.8, 4) is 0 Å². The highest BCUT2D eigenvalue weighted by atomic mass is 19.3. The smallest absolute Gasteiger partial charge is 0.339 e. The molecule has 2 N–H and O–H groups in total. The van der Waals surface area contributed by atoms with Crippen LogP contribution < -0.4 is 5.73 Å². The van der Waals surface area contributed by atoms with Crippen molar-refractivity contribution in [3.63, 3.8) is 0 Å². The van der Waals surface area contributed by atoms with Gasteiger partial charge in [0.1, 0.15) is 0 Å². The van der Waals surface area contributed by atoms with Gasteiger partial charge in [0.25, 0.3) is 6.43 Å². The molecule has 0 atom stereocenters. The lowest BCUT2D eigenvalue weighted by atomic mass is 10.0. The van der Waals surface area contributed by atoms with E-state index in [2.05, 4.69) is 9.72 Å². The van der Waals surface area contributed by atoms with E-state index in [9.17, 15) is 13.6 Å². The summed E-state index contributed by atoms with van der Waals surface area (Å²) in [5.74, 6) is -0.685. The average Bonchev–Trinajstić information content (AvgIpc) is 2.26. The van der Waals surface area contributed by atoms with Crippen molar-refractivity contribution in [1.82, 2.24) is 4.98 Å². The summed E-state index contributed by atoms with van der Waals surface area (Å²) in [4.78, 5) is 15.0. The van der Waals surface area contributed by atoms with Crippen LogP contribution in [-0.4, -0.2) is 18.1 Å². The van der Waals surface area contributed by atoms with Crippen molar-refractivity contribution in [3.05, 3.63) is 28.6 Å². The molecule has 4 nitrogen and oxygen atoms in total. The molecular weight excluding hydrogens is 218 g/mol. The molecule has 0 radical (unpaired) electrons. The number of carbonyl (C=O) groups is 1. The molecule has 0 aromatic carbocycles. The van der Waals surface area contributed by atoms with Crippen molar-refractivity contribution in [2.45, 2.75) is 19.9 Å². The zero-order chi connectivity index (χ0) is 12.3. The highest BCUT2D eigenvalue weighted by Gasteiger charge is 2.21. The summed E-state index contributed by atoms with van der Waals surface area (Å²) < 4.78 is 30.0. The van der Waals surface area contributed by atoms with E-state index < -0.39 is 12.4 Å². The number of methoxy groups -OCH3 is 1. The van der Waals surface area contributed by atoms with Gasteiger partial charge in [0.2, 0.25) is 0 Å². The Bertz CT molecular complexity index is 408. The van der Waals surface area contributed by atoms with Crippen LogP contribution in [0.5, 0.6) is 0 Å². The Kier molecular flexibility index (Phi) is 3.89. The van der Waals surface area contributed by atoms with Crippen molar-refractivity contribution in [2.24, 2.45) is 5.73 Å². The molecule has 16 heavy (non-hydrogen) atoms. The van der Waals surface area contributed by atoms with Crippen LogP contribution in [-0.2, 0) is 11.3 Å². The number of hydrogen-bond acceptors (Lipinski definition) is 4. The second-order valence-corrected chi connectivity index (χ2v) is 3.15. The third-order valence-corrected chi connectivity index (χ3v) is 2.29. The molecule has 1 aromatic heterocycles. The van der Waals surface area contributed by atoms with Gasteiger partial charge in [-0.15, -0.1) is 0 Å². The van der Waals surface area contributed by atoms with Gasteiger partial charge in [0, 0.05) is 18.3 Å². The summed E-state index contributed by atoms with van der Waals surface area (Å²) in [6, 6.07) is 0. The molecule has 88 valence electrons. The van der Waals surface area contributed by atoms with Gasteiger partial charge in [-0.25, -0.2) is 13.6 Å². The van der Waals surface area contributed by atoms with Crippen molar-refractivity contribution >= 4 is 5.97 Å². The minimum atomic E-state index is -2.71. The number of aromatic nitrogens is 1. The summed E-state index contributed by atoms with van der Waals surface area (Å²) in [7, 11) is 1.18. The molecule has 0 spiro atoms. The molecule has 1 aromatic rings. The summed E-state index contributed by atoms with van der Waals surface area (Å²) in [5.41, 5.74) is 5.32. The highest BCUT2D eigenvalue weighted by Crippen LogP contribution is 2.27. The first-order chi connectivity index (χ1) is 7.52. The van der Waals surface area contributed by atoms with Gasteiger partial charge in [0.05, 0.1) is 18.4 Å². The molecule has 0 unspecified atom stereocenters. The van der Waals surface area contributed by atoms with E-state index in [0.29, 0.717) is 0 Å². The number of nitrogens with two attached hydrogens (primary N) is 1. The largest absolute Gasteiger partial charge is 0.465 e. The van der Waals surface area contributed by atoms with Crippen LogP contribution in [0.4, 0.5) is 8.78 Å². The lowest BCUT2D eigenvalue weighted by molar-refractivity contribution is 0.0598. The summed E-state index contributed by atoms with van der Waals surface area (Å²) in [6.45, 7) is 1.33. The number of esters is 1. The van der Waals surface area contributed by atoms with Crippen molar-refractivity contribution in [2.75, 3.05) is 7.11 Å². The maximum absolute atomic E-state index is 12.8. The molecule has 0 saturated carbocycles. The maximum Gasteiger partial charge on any atom is 0.339 e. The number of carbonyl (C=O) groups excluding carboxylic acids is 1. The fourth-order valence-corrected chi connectivity index (χ4v) is 1.44. The summed E-state index contributed by atoms with van der Waals surface area (Å²) >= 11 is 0. The van der Waals surface area contributed by atoms with Crippen LogP contribution in [0.3, 0.4) is 0 Å². The molecule has 1 heterocycles. The van der Waals surface area contributed by atoms with E-state index in [1.807, 2.05) is 0 Å². The maximum atomic E-state index is 12.8. The molecule has 0 fully saturated rings.